The van der Waals surface area contributed by atoms with Crippen LogP contribution in [0.25, 0.3) is 10.9 Å². The van der Waals surface area contributed by atoms with Crippen molar-refractivity contribution >= 4 is 117 Å². The fraction of sp³-hybridized carbons (Fsp3) is 0.448. The first-order valence-corrected chi connectivity index (χ1v) is 41.7. The zero-order chi connectivity index (χ0) is 90.5. The largest absolute Gasteiger partial charge is 0.508 e. The molecule has 662 valence electrons. The van der Waals surface area contributed by atoms with Crippen molar-refractivity contribution in [3.63, 3.8) is 0 Å². The molecular formula is C87H114N16O19S. The summed E-state index contributed by atoms with van der Waals surface area (Å²) >= 11 is 0.827. The number of fused-ring (bicyclic) bond motifs is 1. The summed E-state index contributed by atoms with van der Waals surface area (Å²) in [5.74, 6) is -17.3. The minimum absolute atomic E-state index is 0.0524. The summed E-state index contributed by atoms with van der Waals surface area (Å²) in [5, 5.41) is 55.2. The van der Waals surface area contributed by atoms with Gasteiger partial charge in [0.15, 0.2) is 0 Å². The third kappa shape index (κ3) is 29.5. The van der Waals surface area contributed by atoms with E-state index in [-0.39, 0.29) is 68.1 Å². The fourth-order valence-electron chi connectivity index (χ4n) is 14.0. The van der Waals surface area contributed by atoms with Crippen LogP contribution in [0.4, 0.5) is 0 Å². The first-order chi connectivity index (χ1) is 58.3. The van der Waals surface area contributed by atoms with Gasteiger partial charge >= 0.3 is 5.97 Å². The van der Waals surface area contributed by atoms with Crippen molar-refractivity contribution in [2.24, 2.45) is 17.6 Å². The molecule has 36 heteroatoms. The summed E-state index contributed by atoms with van der Waals surface area (Å²) in [6.07, 6.45) is 0.329. The van der Waals surface area contributed by atoms with Gasteiger partial charge < -0.3 is 98.4 Å². The van der Waals surface area contributed by atoms with E-state index in [1.807, 2.05) is 6.92 Å². The molecule has 5 aromatic carbocycles. The number of nitrogens with two attached hydrogens (primary N) is 1. The van der Waals surface area contributed by atoms with Crippen molar-refractivity contribution in [1.29, 1.82) is 0 Å². The molecular weight excluding hydrogens is 1610 g/mol. The molecule has 1 aliphatic rings. The number of para-hydroxylation sites is 1. The van der Waals surface area contributed by atoms with Crippen LogP contribution in [0, 0.1) is 11.8 Å². The molecule has 35 nitrogen and oxygen atoms in total. The van der Waals surface area contributed by atoms with Crippen molar-refractivity contribution < 1.29 is 92.0 Å². The molecule has 0 aliphatic carbocycles. The number of likely N-dealkylation sites (N-methyl/N-ethyl adjacent to an activating group) is 5. The number of aromatic amines is 1. The highest BCUT2D eigenvalue weighted by Gasteiger charge is 2.41. The number of amides is 15. The number of unbranched alkanes of at least 4 members (excludes halogenated alkanes) is 1. The molecule has 7 rings (SSSR count). The fourth-order valence-corrected chi connectivity index (χ4v) is 14.8. The number of carboxylic acids is 1. The Morgan fingerprint density at radius 1 is 0.496 bits per heavy atom. The molecule has 0 saturated carbocycles. The average molecular weight is 1720 g/mol. The second kappa shape index (κ2) is 46.8. The molecule has 2 heterocycles. The highest BCUT2D eigenvalue weighted by atomic mass is 32.2. The zero-order valence-corrected chi connectivity index (χ0v) is 71.8. The van der Waals surface area contributed by atoms with Crippen molar-refractivity contribution in [3.05, 3.63) is 167 Å². The Morgan fingerprint density at radius 3 is 1.52 bits per heavy atom. The Bertz CT molecular complexity index is 4710. The third-order valence-corrected chi connectivity index (χ3v) is 22.0. The number of nitrogens with zero attached hydrogens (tertiary/aromatic N) is 5. The lowest BCUT2D eigenvalue weighted by atomic mass is 9.98. The lowest BCUT2D eigenvalue weighted by molar-refractivity contribution is -0.150. The van der Waals surface area contributed by atoms with Crippen molar-refractivity contribution in [2.75, 3.05) is 66.4 Å². The monoisotopic (exact) mass is 1720 g/mol. The summed E-state index contributed by atoms with van der Waals surface area (Å²) in [6.45, 7) is 7.59. The minimum Gasteiger partial charge on any atom is -0.508 e. The van der Waals surface area contributed by atoms with Gasteiger partial charge in [-0.05, 0) is 89.8 Å². The predicted octanol–water partition coefficient (Wildman–Crippen LogP) is 1.10. The van der Waals surface area contributed by atoms with E-state index in [0.717, 1.165) is 36.3 Å². The van der Waals surface area contributed by atoms with E-state index >= 15 is 24.0 Å². The lowest BCUT2D eigenvalue weighted by Gasteiger charge is -2.35. The van der Waals surface area contributed by atoms with Crippen LogP contribution in [0.1, 0.15) is 101 Å². The molecule has 1 saturated heterocycles. The lowest BCUT2D eigenvalue weighted by Crippen LogP contribution is -2.61. The summed E-state index contributed by atoms with van der Waals surface area (Å²) in [6, 6.07) is 18.8. The molecule has 15 amide bonds. The smallest absolute Gasteiger partial charge is 0.305 e. The summed E-state index contributed by atoms with van der Waals surface area (Å²) < 4.78 is 0. The number of phenolic OH excluding ortho intramolecular Hbond substituents is 2. The number of phenols is 2. The van der Waals surface area contributed by atoms with Gasteiger partial charge in [0.05, 0.1) is 31.8 Å². The number of primary amides is 1. The van der Waals surface area contributed by atoms with Gasteiger partial charge in [0.1, 0.15) is 78.0 Å². The van der Waals surface area contributed by atoms with E-state index in [9.17, 15) is 68.1 Å². The maximum Gasteiger partial charge on any atom is 0.305 e. The Hall–Kier alpha value is -12.9. The van der Waals surface area contributed by atoms with Gasteiger partial charge in [0.2, 0.25) is 88.6 Å². The zero-order valence-electron chi connectivity index (χ0n) is 71.0. The van der Waals surface area contributed by atoms with Gasteiger partial charge in [-0.15, -0.1) is 11.8 Å². The van der Waals surface area contributed by atoms with Gasteiger partial charge in [0.25, 0.3) is 0 Å². The summed E-state index contributed by atoms with van der Waals surface area (Å²) in [7, 11) is 6.45. The molecule has 6 aromatic rings. The van der Waals surface area contributed by atoms with E-state index in [4.69, 9.17) is 5.73 Å². The van der Waals surface area contributed by atoms with Crippen molar-refractivity contribution in [1.82, 2.24) is 77.3 Å². The maximum atomic E-state index is 15.3. The van der Waals surface area contributed by atoms with Crippen LogP contribution >= 0.6 is 11.8 Å². The summed E-state index contributed by atoms with van der Waals surface area (Å²) in [4.78, 5) is 240. The second-order valence-corrected chi connectivity index (χ2v) is 32.6. The van der Waals surface area contributed by atoms with Gasteiger partial charge in [-0.25, -0.2) is 0 Å². The topological polar surface area (TPSA) is 500 Å². The molecule has 0 spiro atoms. The van der Waals surface area contributed by atoms with E-state index in [1.165, 1.54) is 90.7 Å². The van der Waals surface area contributed by atoms with E-state index in [2.05, 4.69) is 52.8 Å². The van der Waals surface area contributed by atoms with Crippen LogP contribution < -0.4 is 53.6 Å². The predicted molar refractivity (Wildman–Crippen MR) is 458 cm³/mol. The normalized spacial score (nSPS) is 22.4. The van der Waals surface area contributed by atoms with Gasteiger partial charge in [-0.3, -0.25) is 76.7 Å². The number of aliphatic carboxylic acids is 1. The number of carbonyl (C=O) groups excluding carboxylic acids is 15. The number of H-pyrrole nitrogens is 1. The number of benzene rings is 5. The minimum atomic E-state index is -1.89. The number of nitrogens with one attached hydrogen (secondary N) is 10. The van der Waals surface area contributed by atoms with Crippen LogP contribution in [0.5, 0.6) is 11.5 Å². The number of aromatic nitrogens is 1. The number of hydrogen-bond donors (Lipinski definition) is 14. The number of aromatic hydroxyl groups is 2. The third-order valence-electron chi connectivity index (χ3n) is 21.0. The number of thioether (sulfide) groups is 1. The van der Waals surface area contributed by atoms with Gasteiger partial charge in [-0.2, -0.15) is 0 Å². The van der Waals surface area contributed by atoms with Crippen LogP contribution in [0.2, 0.25) is 0 Å². The molecule has 0 radical (unpaired) electrons. The number of carbonyl (C=O) groups is 16. The van der Waals surface area contributed by atoms with Crippen molar-refractivity contribution in [3.8, 4) is 11.5 Å². The Morgan fingerprint density at radius 2 is 0.967 bits per heavy atom. The molecule has 0 bridgehead atoms. The van der Waals surface area contributed by atoms with Crippen LogP contribution in [0.3, 0.4) is 0 Å². The molecule has 1 fully saturated rings. The Kier molecular flexibility index (Phi) is 37.0. The molecule has 15 N–H and O–H groups in total. The van der Waals surface area contributed by atoms with Gasteiger partial charge in [0, 0.05) is 90.2 Å². The quantitative estimate of drug-likeness (QED) is 0.0480. The van der Waals surface area contributed by atoms with Crippen LogP contribution in [0.15, 0.2) is 140 Å². The molecule has 123 heavy (non-hydrogen) atoms. The van der Waals surface area contributed by atoms with Crippen LogP contribution in [-0.2, 0) is 109 Å². The molecule has 0 unspecified atom stereocenters. The Balaban J connectivity index is 1.31. The van der Waals surface area contributed by atoms with Crippen molar-refractivity contribution in [2.45, 2.75) is 172 Å². The molecule has 11 atom stereocenters. The Labute approximate surface area is 718 Å². The SMILES string of the molecule is CCCC[C@H]1C(=O)N(C)CC(=O)N[C@@H](CC(=O)O)C(=O)N[C@@H](C(C)C)C(=O)N(C)[C@@H](Cc2ccccc2)C(=O)N[C@@H](Cc2ccc(O)cc2)C(=O)N(C)CC(=O)N[C@@H](Cc2c[nH]c3ccccc23)C(=O)N[C@@H](Cc2ccc(O)cc2)C(=O)N[C@@H](CC(C)C)C(=O)N[C@H](C(=O)NCC(N)=O)CSCC(=O)N[C@@H](Cc2ccccc2)C(=O)N(C)[C@@H](C)C(=O)N1C. The first kappa shape index (κ1) is 97.2. The van der Waals surface area contributed by atoms with E-state index < -0.39 is 199 Å². The highest BCUT2D eigenvalue weighted by Crippen LogP contribution is 2.24. The van der Waals surface area contributed by atoms with E-state index in [0.29, 0.717) is 51.6 Å². The van der Waals surface area contributed by atoms with Gasteiger partial charge in [-0.1, -0.05) is 151 Å². The maximum absolute atomic E-state index is 15.3. The summed E-state index contributed by atoms with van der Waals surface area (Å²) in [5.41, 5.74) is 8.51. The highest BCUT2D eigenvalue weighted by molar-refractivity contribution is 8.00. The number of hydrogen-bond acceptors (Lipinski definition) is 19. The number of rotatable bonds is 21. The molecule has 1 aromatic heterocycles. The first-order valence-electron chi connectivity index (χ1n) is 40.6. The molecule has 1 aliphatic heterocycles. The average Bonchev–Trinajstić information content (AvgIpc) is 1.81. The second-order valence-electron chi connectivity index (χ2n) is 31.5. The van der Waals surface area contributed by atoms with Crippen LogP contribution in [-0.4, -0.2) is 272 Å². The standard InChI is InChI=1S/C87H114N16O19S/c1-12-13-28-69-86(121)100(8)47-73(108)92-65(43-75(110)111)81(116)98-76(51(4)5)87(122)103(11)70(41-54-24-18-15-19-25-54)82(117)96-66(40-56-31-35-59(105)36-32-56)84(119)99(7)46-72(107)91-64(42-57-44-89-61-27-21-20-26-60(57)61)80(115)95-63(38-55-29-33-58(104)34-30-55)79(114)94-62(37-50(2)3)78(113)97-68(77(112)90-45-71(88)106)48-123-49-74(109)93-67(39-53-22-16-14-17-23-53)85(120)101(9)52(6)83(118)102(69)10/h14-27,29-36,44,50-52,62-70,76,89,104-105H,12-13,28,37-43,45-49H2,1-11H3,(H2,88,106)(H,90,112)(H,91,107)(H,92,108)(H,93,109)(H,94,114)(H,95,115)(H,96,117)(H,97,113)(H,98,116)(H,110,111)/t52-,62-,63-,64-,65-,66-,67-,68-,69-,70-,76-/m0/s1. The number of carboxylic acid groups (broad SMARTS) is 1. The van der Waals surface area contributed by atoms with E-state index in [1.54, 1.807) is 119 Å².